The minimum Gasteiger partial charge on any atom is -0.361 e. The Labute approximate surface area is 152 Å². The number of hydrogen-bond acceptors (Lipinski definition) is 3. The van der Waals surface area contributed by atoms with Crippen molar-refractivity contribution >= 4 is 28.1 Å². The van der Waals surface area contributed by atoms with Crippen molar-refractivity contribution < 1.29 is 4.79 Å². The van der Waals surface area contributed by atoms with E-state index in [1.165, 1.54) is 34.2 Å². The molecule has 5 heteroatoms. The van der Waals surface area contributed by atoms with Crippen LogP contribution in [0.5, 0.6) is 0 Å². The summed E-state index contributed by atoms with van der Waals surface area (Å²) in [5.74, 6) is 0.0948. The minimum atomic E-state index is 0.0948. The third-order valence-electron chi connectivity index (χ3n) is 4.98. The molecule has 1 aromatic carbocycles. The fraction of sp³-hybridized carbons (Fsp3) is 0.350. The number of benzene rings is 1. The van der Waals surface area contributed by atoms with Crippen molar-refractivity contribution in [3.8, 4) is 0 Å². The Balaban J connectivity index is 1.56. The lowest BCUT2D eigenvalue weighted by molar-refractivity contribution is 0.0832. The van der Waals surface area contributed by atoms with Crippen molar-refractivity contribution in [1.82, 2.24) is 14.8 Å². The highest BCUT2D eigenvalue weighted by Gasteiger charge is 2.28. The molecule has 0 bridgehead atoms. The number of carbonyl (C=O) groups is 1. The molecule has 2 aromatic heterocycles. The normalized spacial score (nSPS) is 18.1. The van der Waals surface area contributed by atoms with Gasteiger partial charge < -0.3 is 9.88 Å². The maximum atomic E-state index is 12.2. The van der Waals surface area contributed by atoms with E-state index < -0.39 is 0 Å². The zero-order chi connectivity index (χ0) is 17.4. The monoisotopic (exact) mass is 353 g/mol. The molecule has 130 valence electrons. The Morgan fingerprint density at radius 1 is 1.28 bits per heavy atom. The summed E-state index contributed by atoms with van der Waals surface area (Å²) in [6.07, 6.45) is 4.51. The molecule has 4 nitrogen and oxygen atoms in total. The molecule has 3 heterocycles. The van der Waals surface area contributed by atoms with Crippen LogP contribution in [-0.4, -0.2) is 41.3 Å². The number of aromatic amines is 1. The predicted molar refractivity (Wildman–Crippen MR) is 103 cm³/mol. The van der Waals surface area contributed by atoms with Crippen LogP contribution in [0.25, 0.3) is 10.9 Å². The second-order valence-corrected chi connectivity index (χ2v) is 8.00. The topological polar surface area (TPSA) is 39.3 Å². The molecule has 1 aliphatic rings. The van der Waals surface area contributed by atoms with Gasteiger partial charge in [0.05, 0.1) is 4.88 Å². The number of nitrogens with one attached hydrogen (secondary N) is 1. The molecule has 1 atom stereocenters. The van der Waals surface area contributed by atoms with Gasteiger partial charge in [0.1, 0.15) is 0 Å². The fourth-order valence-corrected chi connectivity index (χ4v) is 4.89. The molecule has 1 aliphatic heterocycles. The number of likely N-dealkylation sites (tertiary alicyclic amines) is 1. The molecular formula is C20H23N3OS. The first-order valence-corrected chi connectivity index (χ1v) is 9.55. The molecule has 0 aliphatic carbocycles. The Bertz CT molecular complexity index is 895. The van der Waals surface area contributed by atoms with Crippen molar-refractivity contribution in [2.75, 3.05) is 20.6 Å². The van der Waals surface area contributed by atoms with Gasteiger partial charge in [-0.3, -0.25) is 9.69 Å². The van der Waals surface area contributed by atoms with E-state index in [1.807, 2.05) is 6.07 Å². The van der Waals surface area contributed by atoms with Gasteiger partial charge in [-0.2, -0.15) is 0 Å². The van der Waals surface area contributed by atoms with Gasteiger partial charge in [0.15, 0.2) is 0 Å². The number of fused-ring (bicyclic) bond motifs is 1. The van der Waals surface area contributed by atoms with Gasteiger partial charge in [0.2, 0.25) is 0 Å². The summed E-state index contributed by atoms with van der Waals surface area (Å²) in [5, 5.41) is 1.31. The highest BCUT2D eigenvalue weighted by Crippen LogP contribution is 2.37. The van der Waals surface area contributed by atoms with Crippen LogP contribution >= 0.6 is 11.3 Å². The molecule has 0 radical (unpaired) electrons. The van der Waals surface area contributed by atoms with Crippen molar-refractivity contribution in [2.24, 2.45) is 0 Å². The molecule has 1 amide bonds. The second-order valence-electron chi connectivity index (χ2n) is 6.89. The molecule has 1 N–H and O–H groups in total. The van der Waals surface area contributed by atoms with E-state index in [4.69, 9.17) is 0 Å². The zero-order valence-electron chi connectivity index (χ0n) is 14.7. The van der Waals surface area contributed by atoms with Crippen LogP contribution in [0.1, 0.15) is 39.0 Å². The third kappa shape index (κ3) is 3.10. The number of H-pyrrole nitrogens is 1. The lowest BCUT2D eigenvalue weighted by Crippen LogP contribution is -2.22. The summed E-state index contributed by atoms with van der Waals surface area (Å²) in [7, 11) is 3.61. The lowest BCUT2D eigenvalue weighted by atomic mass is 10.1. The summed E-state index contributed by atoms with van der Waals surface area (Å²) < 4.78 is 0. The summed E-state index contributed by atoms with van der Waals surface area (Å²) in [5.41, 5.74) is 2.55. The van der Waals surface area contributed by atoms with Crippen molar-refractivity contribution in [2.45, 2.75) is 25.4 Å². The molecule has 1 unspecified atom stereocenters. The standard InChI is InChI=1S/C20H23N3OS/c1-22(2)20(24)19-10-9-18(25-19)17-8-5-11-23(17)13-14-12-21-16-7-4-3-6-15(14)16/h3-4,6-7,9-10,12,17,21H,5,8,11,13H2,1-2H3. The number of para-hydroxylation sites is 1. The molecule has 3 aromatic rings. The van der Waals surface area contributed by atoms with Crippen molar-refractivity contribution in [1.29, 1.82) is 0 Å². The number of rotatable bonds is 4. The largest absolute Gasteiger partial charge is 0.361 e. The Morgan fingerprint density at radius 3 is 2.96 bits per heavy atom. The first kappa shape index (κ1) is 16.4. The van der Waals surface area contributed by atoms with Gasteiger partial charge in [0.25, 0.3) is 5.91 Å². The zero-order valence-corrected chi connectivity index (χ0v) is 15.5. The van der Waals surface area contributed by atoms with Gasteiger partial charge in [-0.25, -0.2) is 0 Å². The Morgan fingerprint density at radius 2 is 2.12 bits per heavy atom. The van der Waals surface area contributed by atoms with Gasteiger partial charge in [-0.15, -0.1) is 11.3 Å². The van der Waals surface area contributed by atoms with Crippen molar-refractivity contribution in [3.63, 3.8) is 0 Å². The second kappa shape index (κ2) is 6.65. The summed E-state index contributed by atoms with van der Waals surface area (Å²) in [6.45, 7) is 2.06. The van der Waals surface area contributed by atoms with Gasteiger partial charge in [0, 0.05) is 48.7 Å². The number of amides is 1. The van der Waals surface area contributed by atoms with Crippen LogP contribution in [0.3, 0.4) is 0 Å². The van der Waals surface area contributed by atoms with Crippen LogP contribution in [0.2, 0.25) is 0 Å². The smallest absolute Gasteiger partial charge is 0.263 e. The average molecular weight is 353 g/mol. The van der Waals surface area contributed by atoms with E-state index in [0.29, 0.717) is 6.04 Å². The van der Waals surface area contributed by atoms with E-state index in [-0.39, 0.29) is 5.91 Å². The number of hydrogen-bond donors (Lipinski definition) is 1. The Kier molecular flexibility index (Phi) is 4.36. The number of carbonyl (C=O) groups excluding carboxylic acids is 1. The number of aromatic nitrogens is 1. The van der Waals surface area contributed by atoms with E-state index in [0.717, 1.165) is 18.0 Å². The average Bonchev–Trinajstić information content (AvgIpc) is 3.34. The fourth-order valence-electron chi connectivity index (χ4n) is 3.69. The van der Waals surface area contributed by atoms with Crippen LogP contribution in [-0.2, 0) is 6.54 Å². The summed E-state index contributed by atoms with van der Waals surface area (Å²) >= 11 is 1.65. The lowest BCUT2D eigenvalue weighted by Gasteiger charge is -2.23. The van der Waals surface area contributed by atoms with Gasteiger partial charge in [-0.1, -0.05) is 18.2 Å². The maximum Gasteiger partial charge on any atom is 0.263 e. The third-order valence-corrected chi connectivity index (χ3v) is 6.16. The highest BCUT2D eigenvalue weighted by molar-refractivity contribution is 7.14. The summed E-state index contributed by atoms with van der Waals surface area (Å²) in [6, 6.07) is 13.0. The quantitative estimate of drug-likeness (QED) is 0.761. The molecular weight excluding hydrogens is 330 g/mol. The molecule has 0 saturated carbocycles. The maximum absolute atomic E-state index is 12.2. The number of nitrogens with zero attached hydrogens (tertiary/aromatic N) is 2. The molecule has 1 fully saturated rings. The van der Waals surface area contributed by atoms with Crippen LogP contribution in [0.15, 0.2) is 42.6 Å². The van der Waals surface area contributed by atoms with E-state index in [2.05, 4.69) is 46.4 Å². The first-order valence-electron chi connectivity index (χ1n) is 8.74. The first-order chi connectivity index (χ1) is 12.1. The van der Waals surface area contributed by atoms with Crippen molar-refractivity contribution in [3.05, 3.63) is 57.9 Å². The van der Waals surface area contributed by atoms with Crippen LogP contribution in [0.4, 0.5) is 0 Å². The predicted octanol–water partition coefficient (Wildman–Crippen LogP) is 4.27. The molecule has 25 heavy (non-hydrogen) atoms. The van der Waals surface area contributed by atoms with Gasteiger partial charge >= 0.3 is 0 Å². The van der Waals surface area contributed by atoms with Crippen LogP contribution < -0.4 is 0 Å². The van der Waals surface area contributed by atoms with E-state index in [1.54, 1.807) is 30.3 Å². The highest BCUT2D eigenvalue weighted by atomic mass is 32.1. The van der Waals surface area contributed by atoms with E-state index in [9.17, 15) is 4.79 Å². The SMILES string of the molecule is CN(C)C(=O)c1ccc(C2CCCN2Cc2c[nH]c3ccccc23)s1. The summed E-state index contributed by atoms with van der Waals surface area (Å²) in [4.78, 5) is 21.9. The molecule has 0 spiro atoms. The minimum absolute atomic E-state index is 0.0948. The molecule has 1 saturated heterocycles. The van der Waals surface area contributed by atoms with Crippen LogP contribution in [0, 0.1) is 0 Å². The van der Waals surface area contributed by atoms with Gasteiger partial charge in [-0.05, 0) is 43.1 Å². The van der Waals surface area contributed by atoms with E-state index >= 15 is 0 Å². The number of thiophene rings is 1. The Hall–Kier alpha value is -2.11. The molecule has 4 rings (SSSR count).